The van der Waals surface area contributed by atoms with Gasteiger partial charge in [-0.2, -0.15) is 4.98 Å². The van der Waals surface area contributed by atoms with Gasteiger partial charge in [0.1, 0.15) is 0 Å². The summed E-state index contributed by atoms with van der Waals surface area (Å²) in [5.41, 5.74) is 2.46. The van der Waals surface area contributed by atoms with Crippen LogP contribution in [0.2, 0.25) is 0 Å². The Labute approximate surface area is 149 Å². The molecule has 5 heteroatoms. The summed E-state index contributed by atoms with van der Waals surface area (Å²) in [7, 11) is 0. The number of benzene rings is 1. The average molecular weight is 341 g/mol. The molecule has 0 bridgehead atoms. The fraction of sp³-hybridized carbons (Fsp3) is 0.550. The van der Waals surface area contributed by atoms with Gasteiger partial charge >= 0.3 is 0 Å². The Morgan fingerprint density at radius 2 is 2.08 bits per heavy atom. The molecule has 5 nitrogen and oxygen atoms in total. The second kappa shape index (κ2) is 7.81. The van der Waals surface area contributed by atoms with E-state index < -0.39 is 0 Å². The zero-order valence-electron chi connectivity index (χ0n) is 15.4. The van der Waals surface area contributed by atoms with Crippen molar-refractivity contribution in [1.29, 1.82) is 0 Å². The number of amides is 1. The Morgan fingerprint density at radius 3 is 2.76 bits per heavy atom. The zero-order valence-corrected chi connectivity index (χ0v) is 15.4. The summed E-state index contributed by atoms with van der Waals surface area (Å²) in [6.07, 6.45) is 3.35. The lowest BCUT2D eigenvalue weighted by Gasteiger charge is -2.31. The molecule has 1 aromatic carbocycles. The summed E-state index contributed by atoms with van der Waals surface area (Å²) in [5.74, 6) is 2.07. The molecule has 0 N–H and O–H groups in total. The first-order chi connectivity index (χ1) is 12.0. The third-order valence-corrected chi connectivity index (χ3v) is 4.84. The van der Waals surface area contributed by atoms with Gasteiger partial charge in [-0.15, -0.1) is 0 Å². The molecule has 2 aromatic rings. The predicted octanol–water partition coefficient (Wildman–Crippen LogP) is 3.84. The van der Waals surface area contributed by atoms with Crippen LogP contribution >= 0.6 is 0 Å². The number of nitrogens with zero attached hydrogens (tertiary/aromatic N) is 3. The minimum atomic E-state index is 0.188. The number of likely N-dealkylation sites (tertiary alicyclic amines) is 1. The van der Waals surface area contributed by atoms with Crippen molar-refractivity contribution < 1.29 is 9.32 Å². The largest absolute Gasteiger partial charge is 0.342 e. The molecule has 0 radical (unpaired) electrons. The van der Waals surface area contributed by atoms with E-state index in [2.05, 4.69) is 41.3 Å². The van der Waals surface area contributed by atoms with E-state index in [0.717, 1.165) is 31.6 Å². The van der Waals surface area contributed by atoms with Crippen LogP contribution in [-0.2, 0) is 11.2 Å². The summed E-state index contributed by atoms with van der Waals surface area (Å²) in [6, 6.07) is 8.40. The summed E-state index contributed by atoms with van der Waals surface area (Å²) < 4.78 is 5.33. The molecule has 1 aliphatic heterocycles. The van der Waals surface area contributed by atoms with Crippen molar-refractivity contribution in [3.63, 3.8) is 0 Å². The summed E-state index contributed by atoms with van der Waals surface area (Å²) >= 11 is 0. The molecule has 1 amide bonds. The monoisotopic (exact) mass is 341 g/mol. The Morgan fingerprint density at radius 1 is 1.32 bits per heavy atom. The number of hydrogen-bond acceptors (Lipinski definition) is 4. The van der Waals surface area contributed by atoms with Crippen LogP contribution in [0.25, 0.3) is 0 Å². The van der Waals surface area contributed by atoms with Crippen molar-refractivity contribution in [2.45, 2.75) is 58.3 Å². The van der Waals surface area contributed by atoms with Crippen molar-refractivity contribution in [3.05, 3.63) is 47.1 Å². The average Bonchev–Trinajstić information content (AvgIpc) is 3.11. The number of piperidine rings is 1. The molecule has 0 saturated carbocycles. The topological polar surface area (TPSA) is 59.2 Å². The summed E-state index contributed by atoms with van der Waals surface area (Å²) in [5, 5.41) is 4.13. The van der Waals surface area contributed by atoms with Crippen molar-refractivity contribution >= 4 is 5.91 Å². The fourth-order valence-electron chi connectivity index (χ4n) is 3.23. The van der Waals surface area contributed by atoms with E-state index in [9.17, 15) is 4.79 Å². The number of aryl methyl sites for hydroxylation is 2. The maximum Gasteiger partial charge on any atom is 0.229 e. The van der Waals surface area contributed by atoms with Crippen LogP contribution in [0.5, 0.6) is 0 Å². The van der Waals surface area contributed by atoms with Crippen molar-refractivity contribution in [1.82, 2.24) is 15.0 Å². The second-order valence-electron chi connectivity index (χ2n) is 7.31. The third kappa shape index (κ3) is 4.47. The molecule has 2 heterocycles. The van der Waals surface area contributed by atoms with Gasteiger partial charge in [0, 0.05) is 31.3 Å². The van der Waals surface area contributed by atoms with Crippen molar-refractivity contribution in [3.8, 4) is 0 Å². The van der Waals surface area contributed by atoms with E-state index in [1.165, 1.54) is 11.1 Å². The van der Waals surface area contributed by atoms with Gasteiger partial charge < -0.3 is 9.42 Å². The predicted molar refractivity (Wildman–Crippen MR) is 96.4 cm³/mol. The first kappa shape index (κ1) is 17.6. The van der Waals surface area contributed by atoms with E-state index in [1.54, 1.807) is 0 Å². The summed E-state index contributed by atoms with van der Waals surface area (Å²) in [6.45, 7) is 7.69. The van der Waals surface area contributed by atoms with E-state index in [4.69, 9.17) is 4.52 Å². The minimum Gasteiger partial charge on any atom is -0.342 e. The maximum atomic E-state index is 12.6. The first-order valence-electron chi connectivity index (χ1n) is 9.19. The van der Waals surface area contributed by atoms with Crippen molar-refractivity contribution in [2.24, 2.45) is 0 Å². The van der Waals surface area contributed by atoms with Crippen LogP contribution in [0.15, 0.2) is 28.8 Å². The maximum absolute atomic E-state index is 12.6. The van der Waals surface area contributed by atoms with Gasteiger partial charge in [-0.05, 0) is 31.7 Å². The third-order valence-electron chi connectivity index (χ3n) is 4.84. The van der Waals surface area contributed by atoms with Crippen LogP contribution < -0.4 is 0 Å². The van der Waals surface area contributed by atoms with Crippen LogP contribution in [0.4, 0.5) is 0 Å². The Kier molecular flexibility index (Phi) is 5.51. The molecule has 0 unspecified atom stereocenters. The SMILES string of the molecule is Cc1ccc(CCC(=O)N2CCC[C@@H](c3noc(C(C)C)n3)C2)cc1. The molecule has 0 aliphatic carbocycles. The van der Waals surface area contributed by atoms with E-state index in [0.29, 0.717) is 18.9 Å². The highest BCUT2D eigenvalue weighted by atomic mass is 16.5. The lowest BCUT2D eigenvalue weighted by atomic mass is 9.96. The van der Waals surface area contributed by atoms with Gasteiger partial charge in [-0.3, -0.25) is 4.79 Å². The molecule has 3 rings (SSSR count). The van der Waals surface area contributed by atoms with Gasteiger partial charge in [-0.1, -0.05) is 48.8 Å². The standard InChI is InChI=1S/C20H27N3O2/c1-14(2)20-21-19(22-25-20)17-5-4-12-23(13-17)18(24)11-10-16-8-6-15(3)7-9-16/h6-9,14,17H,4-5,10-13H2,1-3H3/t17-/m1/s1. The molecule has 1 aromatic heterocycles. The number of carbonyl (C=O) groups is 1. The lowest BCUT2D eigenvalue weighted by molar-refractivity contribution is -0.132. The number of carbonyl (C=O) groups excluding carboxylic acids is 1. The number of aromatic nitrogens is 2. The zero-order chi connectivity index (χ0) is 17.8. The Hall–Kier alpha value is -2.17. The molecular formula is C20H27N3O2. The highest BCUT2D eigenvalue weighted by Gasteiger charge is 2.28. The number of rotatable bonds is 5. The molecule has 134 valence electrons. The van der Waals surface area contributed by atoms with E-state index in [-0.39, 0.29) is 17.7 Å². The first-order valence-corrected chi connectivity index (χ1v) is 9.19. The number of hydrogen-bond donors (Lipinski definition) is 0. The lowest BCUT2D eigenvalue weighted by Crippen LogP contribution is -2.39. The Bertz CT molecular complexity index is 706. The van der Waals surface area contributed by atoms with Gasteiger partial charge in [0.15, 0.2) is 5.82 Å². The van der Waals surface area contributed by atoms with Gasteiger partial charge in [0.25, 0.3) is 0 Å². The Balaban J connectivity index is 1.56. The molecule has 1 atom stereocenters. The molecule has 1 aliphatic rings. The van der Waals surface area contributed by atoms with Crippen LogP contribution in [0.1, 0.15) is 67.8 Å². The highest BCUT2D eigenvalue weighted by molar-refractivity contribution is 5.76. The smallest absolute Gasteiger partial charge is 0.229 e. The van der Waals surface area contributed by atoms with Crippen LogP contribution in [0.3, 0.4) is 0 Å². The van der Waals surface area contributed by atoms with Crippen molar-refractivity contribution in [2.75, 3.05) is 13.1 Å². The molecular weight excluding hydrogens is 314 g/mol. The highest BCUT2D eigenvalue weighted by Crippen LogP contribution is 2.26. The van der Waals surface area contributed by atoms with Gasteiger partial charge in [0.2, 0.25) is 11.8 Å². The molecule has 0 spiro atoms. The molecule has 1 saturated heterocycles. The quantitative estimate of drug-likeness (QED) is 0.829. The van der Waals surface area contributed by atoms with E-state index in [1.807, 2.05) is 18.7 Å². The molecule has 25 heavy (non-hydrogen) atoms. The van der Waals surface area contributed by atoms with Crippen LogP contribution in [0, 0.1) is 6.92 Å². The van der Waals surface area contributed by atoms with Gasteiger partial charge in [0.05, 0.1) is 0 Å². The molecule has 1 fully saturated rings. The van der Waals surface area contributed by atoms with E-state index >= 15 is 0 Å². The normalized spacial score (nSPS) is 17.9. The summed E-state index contributed by atoms with van der Waals surface area (Å²) in [4.78, 5) is 19.1. The minimum absolute atomic E-state index is 0.188. The van der Waals surface area contributed by atoms with Gasteiger partial charge in [-0.25, -0.2) is 0 Å². The fourth-order valence-corrected chi connectivity index (χ4v) is 3.23. The second-order valence-corrected chi connectivity index (χ2v) is 7.31. The van der Waals surface area contributed by atoms with Crippen LogP contribution in [-0.4, -0.2) is 34.0 Å².